The van der Waals surface area contributed by atoms with Crippen molar-refractivity contribution in [2.75, 3.05) is 13.2 Å². The Balaban J connectivity index is 1.67. The average molecular weight is 304 g/mol. The Morgan fingerprint density at radius 1 is 1.33 bits per heavy atom. The zero-order valence-corrected chi connectivity index (χ0v) is 12.5. The van der Waals surface area contributed by atoms with Crippen LogP contribution in [0.3, 0.4) is 0 Å². The predicted octanol–water partition coefficient (Wildman–Crippen LogP) is 1.82. The van der Waals surface area contributed by atoms with Gasteiger partial charge in [-0.25, -0.2) is 15.0 Å². The smallest absolute Gasteiger partial charge is 0.254 e. The highest BCUT2D eigenvalue weighted by Crippen LogP contribution is 2.17. The maximum atomic E-state index is 12.1. The van der Waals surface area contributed by atoms with Gasteiger partial charge in [-0.3, -0.25) is 4.79 Å². The molecule has 1 aliphatic rings. The molecule has 1 saturated heterocycles. The summed E-state index contributed by atoms with van der Waals surface area (Å²) < 4.78 is 5.27. The first-order valence-electron chi connectivity index (χ1n) is 6.85. The van der Waals surface area contributed by atoms with E-state index >= 15 is 0 Å². The monoisotopic (exact) mass is 304 g/mol. The zero-order valence-electron chi connectivity index (χ0n) is 11.7. The minimum Gasteiger partial charge on any atom is -0.381 e. The Hall–Kier alpha value is -1.86. The molecule has 2 aromatic rings. The molecule has 110 valence electrons. The highest BCUT2D eigenvalue weighted by molar-refractivity contribution is 7.09. The van der Waals surface area contributed by atoms with Crippen LogP contribution in [-0.2, 0) is 4.74 Å². The lowest BCUT2D eigenvalue weighted by Crippen LogP contribution is -2.38. The van der Waals surface area contributed by atoms with Crippen LogP contribution in [-0.4, -0.2) is 40.1 Å². The number of aryl methyl sites for hydroxylation is 1. The molecule has 2 aromatic heterocycles. The molecule has 3 heterocycles. The molecule has 0 spiro atoms. The third-order valence-electron chi connectivity index (χ3n) is 3.32. The molecule has 1 fully saturated rings. The molecule has 1 amide bonds. The van der Waals surface area contributed by atoms with E-state index in [9.17, 15) is 4.79 Å². The second-order valence-electron chi connectivity index (χ2n) is 4.91. The molecule has 0 radical (unpaired) electrons. The second kappa shape index (κ2) is 6.28. The minimum atomic E-state index is -0.136. The first kappa shape index (κ1) is 14.1. The number of hydrogen-bond donors (Lipinski definition) is 1. The second-order valence-corrected chi connectivity index (χ2v) is 5.97. The highest BCUT2D eigenvalue weighted by atomic mass is 32.1. The molecule has 0 aliphatic carbocycles. The van der Waals surface area contributed by atoms with Gasteiger partial charge in [0.15, 0.2) is 5.82 Å². The molecule has 0 saturated carbocycles. The van der Waals surface area contributed by atoms with Gasteiger partial charge in [-0.05, 0) is 19.8 Å². The average Bonchev–Trinajstić information content (AvgIpc) is 2.95. The van der Waals surface area contributed by atoms with Crippen molar-refractivity contribution in [3.63, 3.8) is 0 Å². The lowest BCUT2D eigenvalue weighted by atomic mass is 10.1. The van der Waals surface area contributed by atoms with Crippen LogP contribution in [0.15, 0.2) is 17.8 Å². The van der Waals surface area contributed by atoms with E-state index in [0.717, 1.165) is 23.5 Å². The zero-order chi connectivity index (χ0) is 14.7. The Labute approximate surface area is 126 Å². The predicted molar refractivity (Wildman–Crippen MR) is 79.2 cm³/mol. The Bertz CT molecular complexity index is 620. The third-order valence-corrected chi connectivity index (χ3v) is 4.09. The summed E-state index contributed by atoms with van der Waals surface area (Å²) in [6.07, 6.45) is 4.79. The van der Waals surface area contributed by atoms with Gasteiger partial charge in [-0.2, -0.15) is 0 Å². The third kappa shape index (κ3) is 3.43. The van der Waals surface area contributed by atoms with Crippen molar-refractivity contribution >= 4 is 17.2 Å². The maximum absolute atomic E-state index is 12.1. The number of aromatic nitrogens is 3. The van der Waals surface area contributed by atoms with Gasteiger partial charge in [0.25, 0.3) is 5.91 Å². The van der Waals surface area contributed by atoms with Gasteiger partial charge in [0, 0.05) is 37.0 Å². The van der Waals surface area contributed by atoms with Crippen molar-refractivity contribution < 1.29 is 9.53 Å². The van der Waals surface area contributed by atoms with Crippen molar-refractivity contribution in [1.82, 2.24) is 20.3 Å². The molecule has 0 atom stereocenters. The number of amides is 1. The molecule has 21 heavy (non-hydrogen) atoms. The van der Waals surface area contributed by atoms with E-state index in [2.05, 4.69) is 20.3 Å². The van der Waals surface area contributed by atoms with Crippen LogP contribution in [0.4, 0.5) is 0 Å². The van der Waals surface area contributed by atoms with E-state index < -0.39 is 0 Å². The number of nitrogens with one attached hydrogen (secondary N) is 1. The van der Waals surface area contributed by atoms with Crippen molar-refractivity contribution in [3.05, 3.63) is 28.3 Å². The van der Waals surface area contributed by atoms with Gasteiger partial charge < -0.3 is 10.1 Å². The van der Waals surface area contributed by atoms with Crippen LogP contribution < -0.4 is 5.32 Å². The van der Waals surface area contributed by atoms with E-state index in [1.165, 1.54) is 0 Å². The SMILES string of the molecule is Cc1nc(-c2ncc(C(=O)NC3CCOCC3)cn2)cs1. The Morgan fingerprint density at radius 2 is 2.05 bits per heavy atom. The summed E-state index contributed by atoms with van der Waals surface area (Å²) in [5, 5.41) is 5.86. The fourth-order valence-corrected chi connectivity index (χ4v) is 2.75. The Kier molecular flexibility index (Phi) is 4.21. The van der Waals surface area contributed by atoms with Gasteiger partial charge in [-0.1, -0.05) is 0 Å². The normalized spacial score (nSPS) is 15.9. The summed E-state index contributed by atoms with van der Waals surface area (Å²) in [6, 6.07) is 0.173. The van der Waals surface area contributed by atoms with E-state index in [4.69, 9.17) is 4.74 Å². The van der Waals surface area contributed by atoms with E-state index in [1.807, 2.05) is 12.3 Å². The molecule has 0 bridgehead atoms. The molecular formula is C14H16N4O2S. The van der Waals surface area contributed by atoms with E-state index in [1.54, 1.807) is 23.7 Å². The van der Waals surface area contributed by atoms with Crippen LogP contribution in [0.25, 0.3) is 11.5 Å². The van der Waals surface area contributed by atoms with Crippen LogP contribution in [0.5, 0.6) is 0 Å². The summed E-state index contributed by atoms with van der Waals surface area (Å²) in [5.74, 6) is 0.407. The van der Waals surface area contributed by atoms with Crippen LogP contribution in [0.2, 0.25) is 0 Å². The summed E-state index contributed by atoms with van der Waals surface area (Å²) in [7, 11) is 0. The lowest BCUT2D eigenvalue weighted by Gasteiger charge is -2.22. The number of hydrogen-bond acceptors (Lipinski definition) is 6. The van der Waals surface area contributed by atoms with Gasteiger partial charge in [-0.15, -0.1) is 11.3 Å². The molecule has 6 nitrogen and oxygen atoms in total. The summed E-state index contributed by atoms with van der Waals surface area (Å²) in [4.78, 5) is 24.9. The van der Waals surface area contributed by atoms with Crippen LogP contribution in [0, 0.1) is 6.92 Å². The number of carbonyl (C=O) groups excluding carboxylic acids is 1. The fourth-order valence-electron chi connectivity index (χ4n) is 2.15. The first-order valence-corrected chi connectivity index (χ1v) is 7.73. The molecule has 3 rings (SSSR count). The summed E-state index contributed by atoms with van der Waals surface area (Å²) in [6.45, 7) is 3.33. The fraction of sp³-hybridized carbons (Fsp3) is 0.429. The quantitative estimate of drug-likeness (QED) is 0.936. The number of rotatable bonds is 3. The number of ether oxygens (including phenoxy) is 1. The van der Waals surface area contributed by atoms with Crippen molar-refractivity contribution in [3.8, 4) is 11.5 Å². The van der Waals surface area contributed by atoms with Gasteiger partial charge >= 0.3 is 0 Å². The van der Waals surface area contributed by atoms with E-state index in [0.29, 0.717) is 24.6 Å². The van der Waals surface area contributed by atoms with Crippen molar-refractivity contribution in [2.24, 2.45) is 0 Å². The number of thiazole rings is 1. The maximum Gasteiger partial charge on any atom is 0.254 e. The topological polar surface area (TPSA) is 77.0 Å². The number of carbonyl (C=O) groups is 1. The molecule has 1 N–H and O–H groups in total. The highest BCUT2D eigenvalue weighted by Gasteiger charge is 2.17. The molecular weight excluding hydrogens is 288 g/mol. The van der Waals surface area contributed by atoms with Gasteiger partial charge in [0.05, 0.1) is 10.6 Å². The van der Waals surface area contributed by atoms with Crippen molar-refractivity contribution in [1.29, 1.82) is 0 Å². The first-order chi connectivity index (χ1) is 10.2. The molecule has 0 unspecified atom stereocenters. The largest absolute Gasteiger partial charge is 0.381 e. The van der Waals surface area contributed by atoms with Gasteiger partial charge in [0.2, 0.25) is 0 Å². The number of nitrogens with zero attached hydrogens (tertiary/aromatic N) is 3. The standard InChI is InChI=1S/C14H16N4O2S/c1-9-17-12(8-21-9)13-15-6-10(7-16-13)14(19)18-11-2-4-20-5-3-11/h6-8,11H,2-5H2,1H3,(H,18,19). The van der Waals surface area contributed by atoms with Crippen molar-refractivity contribution in [2.45, 2.75) is 25.8 Å². The molecule has 7 heteroatoms. The molecule has 0 aromatic carbocycles. The van der Waals surface area contributed by atoms with Crippen LogP contribution >= 0.6 is 11.3 Å². The van der Waals surface area contributed by atoms with E-state index in [-0.39, 0.29) is 11.9 Å². The summed E-state index contributed by atoms with van der Waals surface area (Å²) in [5.41, 5.74) is 1.21. The van der Waals surface area contributed by atoms with Gasteiger partial charge in [0.1, 0.15) is 5.69 Å². The molecule has 1 aliphatic heterocycles. The Morgan fingerprint density at radius 3 is 2.67 bits per heavy atom. The lowest BCUT2D eigenvalue weighted by molar-refractivity contribution is 0.0696. The summed E-state index contributed by atoms with van der Waals surface area (Å²) >= 11 is 1.55. The minimum absolute atomic E-state index is 0.136. The van der Waals surface area contributed by atoms with Crippen LogP contribution in [0.1, 0.15) is 28.2 Å².